The Kier molecular flexibility index (Phi) is 6.78. The number of carbonyl (C=O) groups excluding carboxylic acids is 1. The van der Waals surface area contributed by atoms with Crippen molar-refractivity contribution in [2.75, 3.05) is 19.8 Å². The number of nitrogens with one attached hydrogen (secondary N) is 2. The first-order valence-electron chi connectivity index (χ1n) is 6.55. The van der Waals surface area contributed by atoms with Crippen LogP contribution in [0.3, 0.4) is 0 Å². The summed E-state index contributed by atoms with van der Waals surface area (Å²) in [6.45, 7) is 1.72. The molecule has 1 aliphatic rings. The van der Waals surface area contributed by atoms with Gasteiger partial charge in [-0.1, -0.05) is 0 Å². The number of hydrogen-bond acceptors (Lipinski definition) is 4. The van der Waals surface area contributed by atoms with Crippen molar-refractivity contribution in [3.05, 3.63) is 0 Å². The summed E-state index contributed by atoms with van der Waals surface area (Å²) in [7, 11) is 0. The molecule has 8 heteroatoms. The highest BCUT2D eigenvalue weighted by atomic mass is 16.5. The predicted molar refractivity (Wildman–Crippen MR) is 68.4 cm³/mol. The highest BCUT2D eigenvalue weighted by Gasteiger charge is 2.21. The third-order valence-electron chi connectivity index (χ3n) is 3.06. The maximum absolute atomic E-state index is 11.6. The van der Waals surface area contributed by atoms with Gasteiger partial charge in [0.1, 0.15) is 6.04 Å². The van der Waals surface area contributed by atoms with Crippen LogP contribution in [0.5, 0.6) is 0 Å². The molecule has 114 valence electrons. The Balaban J connectivity index is 2.26. The maximum Gasteiger partial charge on any atom is 0.326 e. The molecule has 1 fully saturated rings. The minimum absolute atomic E-state index is 0.0849. The van der Waals surface area contributed by atoms with Crippen LogP contribution < -0.4 is 10.6 Å². The van der Waals surface area contributed by atoms with Crippen LogP contribution in [0.15, 0.2) is 0 Å². The number of carbonyl (C=O) groups is 3. The summed E-state index contributed by atoms with van der Waals surface area (Å²) in [5.74, 6) is -1.90. The van der Waals surface area contributed by atoms with Gasteiger partial charge >= 0.3 is 18.0 Å². The fourth-order valence-corrected chi connectivity index (χ4v) is 1.91. The molecule has 2 atom stereocenters. The van der Waals surface area contributed by atoms with E-state index >= 15 is 0 Å². The minimum Gasteiger partial charge on any atom is -0.481 e. The molecule has 0 aliphatic carbocycles. The molecule has 0 aromatic rings. The zero-order chi connectivity index (χ0) is 15.0. The molecule has 1 unspecified atom stereocenters. The lowest BCUT2D eigenvalue weighted by Crippen LogP contribution is -2.47. The van der Waals surface area contributed by atoms with Gasteiger partial charge in [-0.25, -0.2) is 9.59 Å². The Morgan fingerprint density at radius 2 is 2.05 bits per heavy atom. The molecule has 0 radical (unpaired) electrons. The number of ether oxygens (including phenoxy) is 1. The van der Waals surface area contributed by atoms with E-state index in [1.54, 1.807) is 0 Å². The first kappa shape index (κ1) is 16.2. The first-order valence-corrected chi connectivity index (χ1v) is 6.55. The Labute approximate surface area is 116 Å². The molecule has 2 amide bonds. The summed E-state index contributed by atoms with van der Waals surface area (Å²) in [5.41, 5.74) is 0. The number of amides is 2. The maximum atomic E-state index is 11.6. The van der Waals surface area contributed by atoms with E-state index in [4.69, 9.17) is 14.9 Å². The number of carboxylic acids is 2. The average molecular weight is 288 g/mol. The van der Waals surface area contributed by atoms with Gasteiger partial charge in [0.25, 0.3) is 0 Å². The van der Waals surface area contributed by atoms with Crippen LogP contribution >= 0.6 is 0 Å². The van der Waals surface area contributed by atoms with E-state index < -0.39 is 24.0 Å². The highest BCUT2D eigenvalue weighted by molar-refractivity contribution is 5.82. The fourth-order valence-electron chi connectivity index (χ4n) is 1.91. The van der Waals surface area contributed by atoms with E-state index in [1.165, 1.54) is 0 Å². The number of aliphatic carboxylic acids is 2. The molecule has 0 aromatic heterocycles. The summed E-state index contributed by atoms with van der Waals surface area (Å²) in [5, 5.41) is 22.4. The van der Waals surface area contributed by atoms with Gasteiger partial charge in [-0.2, -0.15) is 0 Å². The molecule has 20 heavy (non-hydrogen) atoms. The smallest absolute Gasteiger partial charge is 0.326 e. The van der Waals surface area contributed by atoms with Crippen LogP contribution in [-0.4, -0.2) is 54.0 Å². The van der Waals surface area contributed by atoms with E-state index in [0.29, 0.717) is 19.8 Å². The van der Waals surface area contributed by atoms with Crippen molar-refractivity contribution in [1.29, 1.82) is 0 Å². The topological polar surface area (TPSA) is 125 Å². The third-order valence-corrected chi connectivity index (χ3v) is 3.06. The van der Waals surface area contributed by atoms with Crippen LogP contribution in [-0.2, 0) is 14.3 Å². The quantitative estimate of drug-likeness (QED) is 0.499. The second kappa shape index (κ2) is 8.36. The van der Waals surface area contributed by atoms with Gasteiger partial charge in [0.15, 0.2) is 0 Å². The number of urea groups is 1. The summed E-state index contributed by atoms with van der Waals surface area (Å²) in [6.07, 6.45) is 1.04. The van der Waals surface area contributed by atoms with Gasteiger partial charge in [-0.15, -0.1) is 0 Å². The molecule has 4 N–H and O–H groups in total. The molecule has 0 spiro atoms. The van der Waals surface area contributed by atoms with Crippen LogP contribution in [0.2, 0.25) is 0 Å². The van der Waals surface area contributed by atoms with Crippen molar-refractivity contribution in [2.45, 2.75) is 31.7 Å². The van der Waals surface area contributed by atoms with Gasteiger partial charge in [0, 0.05) is 25.5 Å². The molecule has 8 nitrogen and oxygen atoms in total. The lowest BCUT2D eigenvalue weighted by Gasteiger charge is -2.16. The number of hydrogen-bond donors (Lipinski definition) is 4. The van der Waals surface area contributed by atoms with Gasteiger partial charge in [-0.05, 0) is 19.3 Å². The van der Waals surface area contributed by atoms with Crippen molar-refractivity contribution in [3.63, 3.8) is 0 Å². The van der Waals surface area contributed by atoms with Gasteiger partial charge in [0.05, 0.1) is 6.61 Å². The SMILES string of the molecule is O=C(O)CCC[C@@H](NC(=O)NCC1CCOC1)C(=O)O. The van der Waals surface area contributed by atoms with Crippen LogP contribution in [0.4, 0.5) is 4.79 Å². The lowest BCUT2D eigenvalue weighted by atomic mass is 10.1. The van der Waals surface area contributed by atoms with E-state index in [-0.39, 0.29) is 25.2 Å². The van der Waals surface area contributed by atoms with Crippen LogP contribution in [0.1, 0.15) is 25.7 Å². The van der Waals surface area contributed by atoms with Crippen LogP contribution in [0.25, 0.3) is 0 Å². The molecule has 1 heterocycles. The summed E-state index contributed by atoms with van der Waals surface area (Å²) < 4.78 is 5.16. The van der Waals surface area contributed by atoms with Crippen molar-refractivity contribution in [2.24, 2.45) is 5.92 Å². The Hall–Kier alpha value is -1.83. The number of carboxylic acid groups (broad SMARTS) is 2. The van der Waals surface area contributed by atoms with Crippen LogP contribution in [0, 0.1) is 5.92 Å². The Morgan fingerprint density at radius 1 is 1.30 bits per heavy atom. The lowest BCUT2D eigenvalue weighted by molar-refractivity contribution is -0.140. The third kappa shape index (κ3) is 6.37. The van der Waals surface area contributed by atoms with Gasteiger partial charge < -0.3 is 25.6 Å². The standard InChI is InChI=1S/C12H20N2O6/c15-10(16)3-1-2-9(11(17)18)14-12(19)13-6-8-4-5-20-7-8/h8-9H,1-7H2,(H,15,16)(H,17,18)(H2,13,14,19)/t8?,9-/m1/s1. The normalized spacial score (nSPS) is 19.3. The van der Waals surface area contributed by atoms with E-state index in [1.807, 2.05) is 0 Å². The van der Waals surface area contributed by atoms with E-state index in [2.05, 4.69) is 10.6 Å². The molecule has 0 bridgehead atoms. The first-order chi connectivity index (χ1) is 9.49. The molecular formula is C12H20N2O6. The highest BCUT2D eigenvalue weighted by Crippen LogP contribution is 2.10. The minimum atomic E-state index is -1.17. The summed E-state index contributed by atoms with van der Waals surface area (Å²) >= 11 is 0. The zero-order valence-corrected chi connectivity index (χ0v) is 11.1. The zero-order valence-electron chi connectivity index (χ0n) is 11.1. The molecular weight excluding hydrogens is 268 g/mol. The van der Waals surface area contributed by atoms with Crippen molar-refractivity contribution in [1.82, 2.24) is 10.6 Å². The molecule has 1 aliphatic heterocycles. The average Bonchev–Trinajstić information content (AvgIpc) is 2.87. The van der Waals surface area contributed by atoms with Gasteiger partial charge in [0.2, 0.25) is 0 Å². The van der Waals surface area contributed by atoms with Gasteiger partial charge in [-0.3, -0.25) is 4.79 Å². The summed E-state index contributed by atoms with van der Waals surface area (Å²) in [6, 6.07) is -1.63. The Bertz CT molecular complexity index is 354. The Morgan fingerprint density at radius 3 is 2.60 bits per heavy atom. The monoisotopic (exact) mass is 288 g/mol. The largest absolute Gasteiger partial charge is 0.481 e. The van der Waals surface area contributed by atoms with Crippen molar-refractivity contribution >= 4 is 18.0 Å². The van der Waals surface area contributed by atoms with E-state index in [9.17, 15) is 14.4 Å². The fraction of sp³-hybridized carbons (Fsp3) is 0.750. The van der Waals surface area contributed by atoms with E-state index in [0.717, 1.165) is 6.42 Å². The number of rotatable bonds is 8. The molecule has 0 aromatic carbocycles. The predicted octanol–water partition coefficient (Wildman–Crippen LogP) is 0.0302. The second-order valence-electron chi connectivity index (χ2n) is 4.76. The van der Waals surface area contributed by atoms with Crippen molar-refractivity contribution < 1.29 is 29.3 Å². The summed E-state index contributed by atoms with van der Waals surface area (Å²) in [4.78, 5) is 32.9. The molecule has 1 rings (SSSR count). The van der Waals surface area contributed by atoms with Crippen molar-refractivity contribution in [3.8, 4) is 0 Å². The second-order valence-corrected chi connectivity index (χ2v) is 4.76. The molecule has 1 saturated heterocycles. The molecule has 0 saturated carbocycles.